The van der Waals surface area contributed by atoms with Crippen molar-refractivity contribution < 1.29 is 8.42 Å². The molecule has 8 heteroatoms. The molecule has 1 saturated heterocycles. The second kappa shape index (κ2) is 7.27. The highest BCUT2D eigenvalue weighted by atomic mass is 79.9. The molecule has 21 heavy (non-hydrogen) atoms. The molecule has 0 bridgehead atoms. The first-order chi connectivity index (χ1) is 9.86. The first-order valence-corrected chi connectivity index (χ1v) is 10.5. The molecule has 0 aliphatic carbocycles. The molecule has 1 fully saturated rings. The number of halogens is 2. The Kier molecular flexibility index (Phi) is 6.13. The Morgan fingerprint density at radius 1 is 1.52 bits per heavy atom. The van der Waals surface area contributed by atoms with Crippen LogP contribution in [-0.4, -0.2) is 38.4 Å². The average molecular weight is 416 g/mol. The van der Waals surface area contributed by atoms with Crippen molar-refractivity contribution in [3.63, 3.8) is 0 Å². The third-order valence-electron chi connectivity index (χ3n) is 3.95. The van der Waals surface area contributed by atoms with E-state index in [0.717, 1.165) is 19.4 Å². The molecule has 2 rings (SSSR count). The standard InChI is InChI=1S/C13H20BrClN2O2S2/c1-3-16-9(2)10-4-6-17(7-5-10)21(18,19)12-8-11(15)13(14)20-12/h8-10,16H,3-7H2,1-2H3. The van der Waals surface area contributed by atoms with Crippen LogP contribution in [0.4, 0.5) is 0 Å². The van der Waals surface area contributed by atoms with Crippen molar-refractivity contribution in [1.82, 2.24) is 9.62 Å². The summed E-state index contributed by atoms with van der Waals surface area (Å²) >= 11 is 10.4. The Bertz CT molecular complexity index is 563. The highest BCUT2D eigenvalue weighted by Crippen LogP contribution is 2.37. The summed E-state index contributed by atoms with van der Waals surface area (Å²) in [5, 5.41) is 3.87. The normalized spacial score (nSPS) is 19.8. The molecule has 1 aliphatic heterocycles. The molecule has 0 radical (unpaired) electrons. The van der Waals surface area contributed by atoms with Gasteiger partial charge in [0.1, 0.15) is 4.21 Å². The first kappa shape index (κ1) is 17.7. The summed E-state index contributed by atoms with van der Waals surface area (Å²) in [5.74, 6) is 0.537. The Labute approximate surface area is 144 Å². The van der Waals surface area contributed by atoms with Crippen LogP contribution in [0.1, 0.15) is 26.7 Å². The number of thiophene rings is 1. The molecule has 0 saturated carbocycles. The molecule has 0 amide bonds. The van der Waals surface area contributed by atoms with Gasteiger partial charge < -0.3 is 5.32 Å². The van der Waals surface area contributed by atoms with Crippen molar-refractivity contribution in [2.75, 3.05) is 19.6 Å². The molecule has 1 unspecified atom stereocenters. The van der Waals surface area contributed by atoms with Crippen molar-refractivity contribution in [2.24, 2.45) is 5.92 Å². The molecule has 0 aromatic carbocycles. The van der Waals surface area contributed by atoms with Crippen LogP contribution in [-0.2, 0) is 10.0 Å². The minimum Gasteiger partial charge on any atom is -0.314 e. The van der Waals surface area contributed by atoms with Gasteiger partial charge in [-0.2, -0.15) is 4.31 Å². The SMILES string of the molecule is CCNC(C)C1CCN(S(=O)(=O)c2cc(Cl)c(Br)s2)CC1. The summed E-state index contributed by atoms with van der Waals surface area (Å²) in [5.41, 5.74) is 0. The molecule has 1 N–H and O–H groups in total. The summed E-state index contributed by atoms with van der Waals surface area (Å²) in [6.07, 6.45) is 1.79. The van der Waals surface area contributed by atoms with Gasteiger partial charge in [-0.05, 0) is 54.2 Å². The Hall–Kier alpha value is 0.340. The number of nitrogens with zero attached hydrogens (tertiary/aromatic N) is 1. The van der Waals surface area contributed by atoms with E-state index in [1.165, 1.54) is 17.4 Å². The fourth-order valence-corrected chi connectivity index (χ4v) is 6.71. The van der Waals surface area contributed by atoms with Crippen molar-refractivity contribution in [3.8, 4) is 0 Å². The van der Waals surface area contributed by atoms with Gasteiger partial charge in [0.25, 0.3) is 10.0 Å². The van der Waals surface area contributed by atoms with Gasteiger partial charge in [-0.25, -0.2) is 8.42 Å². The monoisotopic (exact) mass is 414 g/mol. The molecule has 1 aliphatic rings. The first-order valence-electron chi connectivity index (χ1n) is 7.04. The van der Waals surface area contributed by atoms with Gasteiger partial charge in [-0.15, -0.1) is 11.3 Å². The van der Waals surface area contributed by atoms with Crippen LogP contribution in [0.15, 0.2) is 14.1 Å². The maximum Gasteiger partial charge on any atom is 0.252 e. The Balaban J connectivity index is 2.04. The maximum absolute atomic E-state index is 12.6. The van der Waals surface area contributed by atoms with Crippen molar-refractivity contribution >= 4 is 48.9 Å². The molecule has 2 heterocycles. The Morgan fingerprint density at radius 3 is 2.62 bits per heavy atom. The van der Waals surface area contributed by atoms with Crippen molar-refractivity contribution in [1.29, 1.82) is 0 Å². The number of sulfonamides is 1. The van der Waals surface area contributed by atoms with Gasteiger partial charge in [0.05, 0.1) is 8.81 Å². The zero-order valence-corrected chi connectivity index (χ0v) is 16.1. The number of rotatable bonds is 5. The highest BCUT2D eigenvalue weighted by Gasteiger charge is 2.32. The number of piperidine rings is 1. The lowest BCUT2D eigenvalue weighted by atomic mass is 9.91. The predicted molar refractivity (Wildman–Crippen MR) is 91.7 cm³/mol. The van der Waals surface area contributed by atoms with E-state index in [0.29, 0.717) is 38.1 Å². The molecular weight excluding hydrogens is 396 g/mol. The van der Waals surface area contributed by atoms with Crippen LogP contribution in [0.3, 0.4) is 0 Å². The summed E-state index contributed by atoms with van der Waals surface area (Å²) in [6, 6.07) is 1.96. The van der Waals surface area contributed by atoms with E-state index < -0.39 is 10.0 Å². The summed E-state index contributed by atoms with van der Waals surface area (Å²) in [7, 11) is -3.41. The van der Waals surface area contributed by atoms with Crippen LogP contribution in [0.25, 0.3) is 0 Å². The summed E-state index contributed by atoms with van der Waals surface area (Å²) in [4.78, 5) is 0. The Morgan fingerprint density at radius 2 is 2.14 bits per heavy atom. The van der Waals surface area contributed by atoms with Gasteiger partial charge in [0, 0.05) is 19.1 Å². The second-order valence-corrected chi connectivity index (χ2v) is 10.2. The fraction of sp³-hybridized carbons (Fsp3) is 0.692. The predicted octanol–water partition coefficient (Wildman–Crippen LogP) is 3.56. The van der Waals surface area contributed by atoms with Crippen LogP contribution in [0.2, 0.25) is 5.02 Å². The topological polar surface area (TPSA) is 49.4 Å². The van der Waals surface area contributed by atoms with Crippen LogP contribution >= 0.6 is 38.9 Å². The van der Waals surface area contributed by atoms with E-state index in [1.54, 1.807) is 4.31 Å². The minimum atomic E-state index is -3.41. The van der Waals surface area contributed by atoms with E-state index in [4.69, 9.17) is 11.6 Å². The van der Waals surface area contributed by atoms with Gasteiger partial charge in [0.2, 0.25) is 0 Å². The second-order valence-electron chi connectivity index (χ2n) is 5.27. The highest BCUT2D eigenvalue weighted by molar-refractivity contribution is 9.11. The van der Waals surface area contributed by atoms with E-state index in [9.17, 15) is 8.42 Å². The molecule has 1 atom stereocenters. The van der Waals surface area contributed by atoms with Crippen molar-refractivity contribution in [2.45, 2.75) is 36.9 Å². The molecule has 1 aromatic heterocycles. The lowest BCUT2D eigenvalue weighted by molar-refractivity contribution is 0.233. The van der Waals surface area contributed by atoms with Gasteiger partial charge in [-0.3, -0.25) is 0 Å². The molecule has 0 spiro atoms. The molecule has 120 valence electrons. The number of hydrogen-bond donors (Lipinski definition) is 1. The third kappa shape index (κ3) is 4.00. The number of nitrogens with one attached hydrogen (secondary N) is 1. The molecular formula is C13H20BrClN2O2S2. The number of hydrogen-bond acceptors (Lipinski definition) is 4. The third-order valence-corrected chi connectivity index (χ3v) is 8.77. The van der Waals surface area contributed by atoms with Crippen LogP contribution in [0, 0.1) is 5.92 Å². The van der Waals surface area contributed by atoms with E-state index in [-0.39, 0.29) is 0 Å². The average Bonchev–Trinajstić information content (AvgIpc) is 2.80. The van der Waals surface area contributed by atoms with E-state index in [1.807, 2.05) is 0 Å². The summed E-state index contributed by atoms with van der Waals surface area (Å²) in [6.45, 7) is 6.37. The van der Waals surface area contributed by atoms with Gasteiger partial charge >= 0.3 is 0 Å². The summed E-state index contributed by atoms with van der Waals surface area (Å²) < 4.78 is 27.8. The van der Waals surface area contributed by atoms with Crippen molar-refractivity contribution in [3.05, 3.63) is 14.9 Å². The van der Waals surface area contributed by atoms with E-state index >= 15 is 0 Å². The molecule has 1 aromatic rings. The van der Waals surface area contributed by atoms with Gasteiger partial charge in [-0.1, -0.05) is 18.5 Å². The quantitative estimate of drug-likeness (QED) is 0.800. The lowest BCUT2D eigenvalue weighted by Gasteiger charge is -2.34. The lowest BCUT2D eigenvalue weighted by Crippen LogP contribution is -2.43. The zero-order chi connectivity index (χ0) is 15.6. The van der Waals surface area contributed by atoms with Gasteiger partial charge in [0.15, 0.2) is 0 Å². The van der Waals surface area contributed by atoms with Crippen LogP contribution in [0.5, 0.6) is 0 Å². The van der Waals surface area contributed by atoms with E-state index in [2.05, 4.69) is 35.1 Å². The largest absolute Gasteiger partial charge is 0.314 e. The maximum atomic E-state index is 12.6. The van der Waals surface area contributed by atoms with Crippen LogP contribution < -0.4 is 5.32 Å². The fourth-order valence-electron chi connectivity index (χ4n) is 2.69. The zero-order valence-electron chi connectivity index (χ0n) is 12.1. The smallest absolute Gasteiger partial charge is 0.252 e. The molecule has 4 nitrogen and oxygen atoms in total. The minimum absolute atomic E-state index is 0.317.